The lowest BCUT2D eigenvalue weighted by atomic mass is 9.77. The Morgan fingerprint density at radius 1 is 1.43 bits per heavy atom. The van der Waals surface area contributed by atoms with Crippen molar-refractivity contribution in [3.63, 3.8) is 0 Å². The summed E-state index contributed by atoms with van der Waals surface area (Å²) in [4.78, 5) is 0. The van der Waals surface area contributed by atoms with Crippen LogP contribution in [0.1, 0.15) is 36.4 Å². The molecule has 76 valence electrons. The van der Waals surface area contributed by atoms with E-state index in [9.17, 15) is 5.11 Å². The Labute approximate surface area is 84.7 Å². The fourth-order valence-electron chi connectivity index (χ4n) is 2.09. The van der Waals surface area contributed by atoms with Crippen molar-refractivity contribution in [1.82, 2.24) is 0 Å². The number of hydrogen-bond donors (Lipinski definition) is 2. The van der Waals surface area contributed by atoms with E-state index in [1.807, 2.05) is 13.0 Å². The first-order valence-electron chi connectivity index (χ1n) is 5.23. The summed E-state index contributed by atoms with van der Waals surface area (Å²) >= 11 is 0. The molecular weight excluding hydrogens is 174 g/mol. The topological polar surface area (TPSA) is 46.2 Å². The highest BCUT2D eigenvalue weighted by molar-refractivity contribution is 5.36. The molecule has 1 aromatic rings. The van der Waals surface area contributed by atoms with Crippen molar-refractivity contribution in [2.24, 2.45) is 11.7 Å². The molecule has 1 aliphatic carbocycles. The number of rotatable bonds is 2. The lowest BCUT2D eigenvalue weighted by Gasteiger charge is -2.32. The Balaban J connectivity index is 2.22. The zero-order chi connectivity index (χ0) is 10.1. The van der Waals surface area contributed by atoms with Gasteiger partial charge in [0.1, 0.15) is 5.75 Å². The maximum absolute atomic E-state index is 9.29. The molecule has 0 saturated heterocycles. The molecule has 2 heteroatoms. The molecule has 0 aliphatic heterocycles. The molecular formula is C12H17NO. The van der Waals surface area contributed by atoms with Crippen LogP contribution >= 0.6 is 0 Å². The number of aromatic hydroxyl groups is 1. The molecule has 14 heavy (non-hydrogen) atoms. The van der Waals surface area contributed by atoms with Gasteiger partial charge in [0, 0.05) is 6.04 Å². The average Bonchev–Trinajstić information content (AvgIpc) is 2.00. The van der Waals surface area contributed by atoms with Gasteiger partial charge < -0.3 is 10.8 Å². The van der Waals surface area contributed by atoms with Gasteiger partial charge in [0.25, 0.3) is 0 Å². The lowest BCUT2D eigenvalue weighted by Crippen LogP contribution is -2.27. The molecule has 0 spiro atoms. The van der Waals surface area contributed by atoms with Crippen molar-refractivity contribution in [2.75, 3.05) is 0 Å². The van der Waals surface area contributed by atoms with Crippen molar-refractivity contribution in [1.29, 1.82) is 0 Å². The average molecular weight is 191 g/mol. The van der Waals surface area contributed by atoms with E-state index in [0.29, 0.717) is 11.7 Å². The molecule has 1 aromatic carbocycles. The summed E-state index contributed by atoms with van der Waals surface area (Å²) in [5.74, 6) is 0.977. The van der Waals surface area contributed by atoms with Gasteiger partial charge in [0.05, 0.1) is 0 Å². The highest BCUT2D eigenvalue weighted by Gasteiger charge is 2.26. The molecule has 1 saturated carbocycles. The van der Waals surface area contributed by atoms with Gasteiger partial charge in [-0.1, -0.05) is 12.5 Å². The van der Waals surface area contributed by atoms with Gasteiger partial charge in [-0.05, 0) is 48.9 Å². The summed E-state index contributed by atoms with van der Waals surface area (Å²) < 4.78 is 0. The van der Waals surface area contributed by atoms with Crippen LogP contribution < -0.4 is 5.73 Å². The van der Waals surface area contributed by atoms with E-state index in [-0.39, 0.29) is 6.04 Å². The van der Waals surface area contributed by atoms with Crippen LogP contribution in [-0.2, 0) is 0 Å². The summed E-state index contributed by atoms with van der Waals surface area (Å²) in [6.45, 7) is 2.01. The van der Waals surface area contributed by atoms with Crippen molar-refractivity contribution >= 4 is 0 Å². The Hall–Kier alpha value is -1.02. The smallest absolute Gasteiger partial charge is 0.115 e. The summed E-state index contributed by atoms with van der Waals surface area (Å²) in [7, 11) is 0. The second kappa shape index (κ2) is 3.62. The number of phenols is 1. The molecule has 1 unspecified atom stereocenters. The van der Waals surface area contributed by atoms with E-state index in [0.717, 1.165) is 5.56 Å². The van der Waals surface area contributed by atoms with E-state index in [1.165, 1.54) is 24.8 Å². The molecule has 0 radical (unpaired) electrons. The third-order valence-electron chi connectivity index (χ3n) is 3.27. The standard InChI is InChI=1S/C12H17NO/c1-8-7-10(14)5-6-11(8)12(13)9-3-2-4-9/h5-7,9,12,14H,2-4,13H2,1H3. The zero-order valence-electron chi connectivity index (χ0n) is 8.53. The monoisotopic (exact) mass is 191 g/mol. The Morgan fingerprint density at radius 2 is 2.14 bits per heavy atom. The van der Waals surface area contributed by atoms with E-state index in [2.05, 4.69) is 0 Å². The van der Waals surface area contributed by atoms with E-state index in [4.69, 9.17) is 5.73 Å². The van der Waals surface area contributed by atoms with Crippen LogP contribution in [0.5, 0.6) is 5.75 Å². The lowest BCUT2D eigenvalue weighted by molar-refractivity contribution is 0.264. The van der Waals surface area contributed by atoms with Gasteiger partial charge in [-0.3, -0.25) is 0 Å². The second-order valence-corrected chi connectivity index (χ2v) is 4.26. The van der Waals surface area contributed by atoms with Gasteiger partial charge in [-0.2, -0.15) is 0 Å². The van der Waals surface area contributed by atoms with Crippen molar-refractivity contribution in [2.45, 2.75) is 32.2 Å². The number of benzene rings is 1. The first-order valence-corrected chi connectivity index (χ1v) is 5.23. The SMILES string of the molecule is Cc1cc(O)ccc1C(N)C1CCC1. The van der Waals surface area contributed by atoms with Gasteiger partial charge >= 0.3 is 0 Å². The predicted octanol–water partition coefficient (Wildman–Crippen LogP) is 2.50. The predicted molar refractivity (Wildman–Crippen MR) is 57.1 cm³/mol. The largest absolute Gasteiger partial charge is 0.508 e. The molecule has 1 aliphatic rings. The van der Waals surface area contributed by atoms with Crippen LogP contribution in [-0.4, -0.2) is 5.11 Å². The third-order valence-corrected chi connectivity index (χ3v) is 3.27. The molecule has 1 fully saturated rings. The zero-order valence-corrected chi connectivity index (χ0v) is 8.53. The van der Waals surface area contributed by atoms with Gasteiger partial charge in [-0.25, -0.2) is 0 Å². The molecule has 0 aromatic heterocycles. The van der Waals surface area contributed by atoms with Crippen LogP contribution in [0.15, 0.2) is 18.2 Å². The maximum Gasteiger partial charge on any atom is 0.115 e. The number of aryl methyl sites for hydroxylation is 1. The van der Waals surface area contributed by atoms with E-state index in [1.54, 1.807) is 12.1 Å². The van der Waals surface area contributed by atoms with Crippen molar-refractivity contribution in [3.8, 4) is 5.75 Å². The highest BCUT2D eigenvalue weighted by Crippen LogP contribution is 2.37. The quantitative estimate of drug-likeness (QED) is 0.754. The van der Waals surface area contributed by atoms with Crippen molar-refractivity contribution < 1.29 is 5.11 Å². The first-order chi connectivity index (χ1) is 6.68. The van der Waals surface area contributed by atoms with Crippen LogP contribution in [0.3, 0.4) is 0 Å². The van der Waals surface area contributed by atoms with Crippen LogP contribution in [0.25, 0.3) is 0 Å². The third kappa shape index (κ3) is 1.62. The first kappa shape index (κ1) is 9.53. The van der Waals surface area contributed by atoms with Crippen LogP contribution in [0, 0.1) is 12.8 Å². The highest BCUT2D eigenvalue weighted by atomic mass is 16.3. The number of hydrogen-bond acceptors (Lipinski definition) is 2. The van der Waals surface area contributed by atoms with Crippen LogP contribution in [0.4, 0.5) is 0 Å². The molecule has 2 nitrogen and oxygen atoms in total. The molecule has 0 amide bonds. The Bertz CT molecular complexity index is 331. The second-order valence-electron chi connectivity index (χ2n) is 4.26. The minimum atomic E-state index is 0.157. The van der Waals surface area contributed by atoms with Crippen LogP contribution in [0.2, 0.25) is 0 Å². The van der Waals surface area contributed by atoms with Gasteiger partial charge in [-0.15, -0.1) is 0 Å². The molecule has 1 atom stereocenters. The fraction of sp³-hybridized carbons (Fsp3) is 0.500. The fourth-order valence-corrected chi connectivity index (χ4v) is 2.09. The van der Waals surface area contributed by atoms with Gasteiger partial charge in [0.2, 0.25) is 0 Å². The normalized spacial score (nSPS) is 19.0. The minimum Gasteiger partial charge on any atom is -0.508 e. The maximum atomic E-state index is 9.29. The summed E-state index contributed by atoms with van der Waals surface area (Å²) in [6.07, 6.45) is 3.82. The molecule has 3 N–H and O–H groups in total. The summed E-state index contributed by atoms with van der Waals surface area (Å²) in [5.41, 5.74) is 8.46. The number of phenolic OH excluding ortho intramolecular Hbond substituents is 1. The Morgan fingerprint density at radius 3 is 2.64 bits per heavy atom. The molecule has 0 heterocycles. The molecule has 0 bridgehead atoms. The minimum absolute atomic E-state index is 0.157. The van der Waals surface area contributed by atoms with E-state index < -0.39 is 0 Å². The summed E-state index contributed by atoms with van der Waals surface area (Å²) in [6, 6.07) is 5.62. The van der Waals surface area contributed by atoms with E-state index >= 15 is 0 Å². The molecule has 2 rings (SSSR count). The Kier molecular flexibility index (Phi) is 2.46. The van der Waals surface area contributed by atoms with Gasteiger partial charge in [0.15, 0.2) is 0 Å². The number of nitrogens with two attached hydrogens (primary N) is 1. The summed E-state index contributed by atoms with van der Waals surface area (Å²) in [5, 5.41) is 9.29. The van der Waals surface area contributed by atoms with Crippen molar-refractivity contribution in [3.05, 3.63) is 29.3 Å².